The van der Waals surface area contributed by atoms with Crippen molar-refractivity contribution < 1.29 is 14.4 Å². The molecule has 3 aromatic rings. The molecule has 0 unspecified atom stereocenters. The van der Waals surface area contributed by atoms with E-state index in [-0.39, 0.29) is 24.1 Å². The number of anilines is 2. The molecule has 172 valence electrons. The predicted molar refractivity (Wildman–Crippen MR) is 131 cm³/mol. The summed E-state index contributed by atoms with van der Waals surface area (Å²) < 4.78 is 0. The van der Waals surface area contributed by atoms with Crippen LogP contribution in [0.5, 0.6) is 0 Å². The molecule has 0 bridgehead atoms. The second kappa shape index (κ2) is 9.51. The van der Waals surface area contributed by atoms with Crippen molar-refractivity contribution in [1.29, 1.82) is 0 Å². The number of hydrogen-bond donors (Lipinski definition) is 1. The molecule has 0 saturated carbocycles. The molecule has 0 spiro atoms. The molecule has 2 aliphatic heterocycles. The van der Waals surface area contributed by atoms with Gasteiger partial charge in [-0.15, -0.1) is 0 Å². The molecule has 2 atom stereocenters. The zero-order valence-corrected chi connectivity index (χ0v) is 18.9. The molecule has 5 rings (SSSR count). The molecule has 0 aromatic heterocycles. The van der Waals surface area contributed by atoms with E-state index in [4.69, 9.17) is 0 Å². The van der Waals surface area contributed by atoms with Crippen molar-refractivity contribution in [3.63, 3.8) is 0 Å². The summed E-state index contributed by atoms with van der Waals surface area (Å²) >= 11 is 0. The normalized spacial score (nSPS) is 18.4. The second-order valence-corrected chi connectivity index (χ2v) is 8.82. The molecule has 3 aromatic carbocycles. The van der Waals surface area contributed by atoms with E-state index in [9.17, 15) is 14.4 Å². The van der Waals surface area contributed by atoms with Crippen LogP contribution in [0, 0.1) is 5.92 Å². The number of aryl methyl sites for hydroxylation is 1. The highest BCUT2D eigenvalue weighted by Crippen LogP contribution is 2.30. The molecule has 0 aliphatic carbocycles. The Hall–Kier alpha value is -3.93. The van der Waals surface area contributed by atoms with Crippen molar-refractivity contribution >= 4 is 29.1 Å². The molecule has 6 heteroatoms. The first kappa shape index (κ1) is 21.9. The highest BCUT2D eigenvalue weighted by molar-refractivity contribution is 6.03. The van der Waals surface area contributed by atoms with Crippen molar-refractivity contribution in [2.75, 3.05) is 22.9 Å². The SMILES string of the molecule is O=C(N[C@H](C(=O)N1CCCc2ccccc21)c1ccccc1)[C@H]1CC(=O)N(c2ccccc2)C1. The first-order valence-corrected chi connectivity index (χ1v) is 11.7. The zero-order valence-electron chi connectivity index (χ0n) is 18.9. The van der Waals surface area contributed by atoms with E-state index < -0.39 is 12.0 Å². The standard InChI is InChI=1S/C28H27N3O3/c32-25-18-22(19-31(25)23-14-5-2-6-15-23)27(33)29-26(21-11-3-1-4-12-21)28(34)30-17-9-13-20-10-7-8-16-24(20)30/h1-8,10-12,14-16,22,26H,9,13,17-19H2,(H,29,33)/t22-,26-/m0/s1. The smallest absolute Gasteiger partial charge is 0.254 e. The summed E-state index contributed by atoms with van der Waals surface area (Å²) in [5.74, 6) is -1.03. The van der Waals surface area contributed by atoms with Crippen LogP contribution in [-0.4, -0.2) is 30.8 Å². The van der Waals surface area contributed by atoms with Gasteiger partial charge < -0.3 is 15.1 Å². The summed E-state index contributed by atoms with van der Waals surface area (Å²) in [6, 6.07) is 25.8. The van der Waals surface area contributed by atoms with Crippen molar-refractivity contribution in [1.82, 2.24) is 5.32 Å². The van der Waals surface area contributed by atoms with E-state index in [0.29, 0.717) is 13.1 Å². The molecule has 2 heterocycles. The number of benzene rings is 3. The maximum atomic E-state index is 13.8. The average Bonchev–Trinajstić information content (AvgIpc) is 3.29. The van der Waals surface area contributed by atoms with Gasteiger partial charge in [-0.25, -0.2) is 0 Å². The van der Waals surface area contributed by atoms with Gasteiger partial charge in [-0.2, -0.15) is 0 Å². The Labute approximate surface area is 199 Å². The average molecular weight is 454 g/mol. The van der Waals surface area contributed by atoms with Crippen LogP contribution >= 0.6 is 0 Å². The minimum Gasteiger partial charge on any atom is -0.340 e. The summed E-state index contributed by atoms with van der Waals surface area (Å²) in [6.45, 7) is 0.912. The number of carbonyl (C=O) groups is 3. The lowest BCUT2D eigenvalue weighted by molar-refractivity contribution is -0.130. The molecule has 1 N–H and O–H groups in total. The largest absolute Gasteiger partial charge is 0.340 e. The van der Waals surface area contributed by atoms with Gasteiger partial charge in [0.1, 0.15) is 6.04 Å². The molecular weight excluding hydrogens is 426 g/mol. The first-order chi connectivity index (χ1) is 16.6. The van der Waals surface area contributed by atoms with Gasteiger partial charge in [-0.3, -0.25) is 14.4 Å². The fourth-order valence-electron chi connectivity index (χ4n) is 4.85. The number of para-hydroxylation sites is 2. The van der Waals surface area contributed by atoms with Gasteiger partial charge in [-0.05, 0) is 42.2 Å². The molecule has 34 heavy (non-hydrogen) atoms. The monoisotopic (exact) mass is 453 g/mol. The van der Waals surface area contributed by atoms with E-state index in [1.807, 2.05) is 84.9 Å². The number of rotatable bonds is 5. The molecule has 2 aliphatic rings. The molecule has 3 amide bonds. The Kier molecular flexibility index (Phi) is 6.12. The Morgan fingerprint density at radius 3 is 2.32 bits per heavy atom. The third-order valence-electron chi connectivity index (χ3n) is 6.61. The van der Waals surface area contributed by atoms with Gasteiger partial charge in [0.15, 0.2) is 0 Å². The lowest BCUT2D eigenvalue weighted by Gasteiger charge is -2.33. The van der Waals surface area contributed by atoms with E-state index in [1.165, 1.54) is 0 Å². The number of nitrogens with one attached hydrogen (secondary N) is 1. The number of nitrogens with zero attached hydrogens (tertiary/aromatic N) is 2. The minimum atomic E-state index is -0.819. The van der Waals surface area contributed by atoms with Crippen molar-refractivity contribution in [2.45, 2.75) is 25.3 Å². The van der Waals surface area contributed by atoms with Gasteiger partial charge in [0, 0.05) is 30.9 Å². The fraction of sp³-hybridized carbons (Fsp3) is 0.250. The summed E-state index contributed by atoms with van der Waals surface area (Å²) in [5, 5.41) is 2.99. The topological polar surface area (TPSA) is 69.7 Å². The van der Waals surface area contributed by atoms with Gasteiger partial charge >= 0.3 is 0 Å². The number of hydrogen-bond acceptors (Lipinski definition) is 3. The van der Waals surface area contributed by atoms with Crippen molar-refractivity contribution in [2.24, 2.45) is 5.92 Å². The summed E-state index contributed by atoms with van der Waals surface area (Å²) in [4.78, 5) is 43.2. The lowest BCUT2D eigenvalue weighted by Crippen LogP contribution is -2.46. The van der Waals surface area contributed by atoms with E-state index >= 15 is 0 Å². The van der Waals surface area contributed by atoms with Crippen molar-refractivity contribution in [3.05, 3.63) is 96.1 Å². The molecule has 6 nitrogen and oxygen atoms in total. The highest BCUT2D eigenvalue weighted by atomic mass is 16.2. The maximum absolute atomic E-state index is 13.8. The quantitative estimate of drug-likeness (QED) is 0.638. The maximum Gasteiger partial charge on any atom is 0.254 e. The van der Waals surface area contributed by atoms with E-state index in [0.717, 1.165) is 35.3 Å². The van der Waals surface area contributed by atoms with Crippen LogP contribution in [0.1, 0.15) is 30.0 Å². The molecule has 0 radical (unpaired) electrons. The third-order valence-corrected chi connectivity index (χ3v) is 6.61. The summed E-state index contributed by atoms with van der Waals surface area (Å²) in [6.07, 6.45) is 1.94. The van der Waals surface area contributed by atoms with E-state index in [2.05, 4.69) is 5.32 Å². The third kappa shape index (κ3) is 4.31. The number of amides is 3. The Bertz CT molecular complexity index is 1200. The number of fused-ring (bicyclic) bond motifs is 1. The van der Waals surface area contributed by atoms with E-state index in [1.54, 1.807) is 9.80 Å². The van der Waals surface area contributed by atoms with Gasteiger partial charge in [0.05, 0.1) is 5.92 Å². The lowest BCUT2D eigenvalue weighted by atomic mass is 9.98. The minimum absolute atomic E-state index is 0.0844. The fourth-order valence-corrected chi connectivity index (χ4v) is 4.85. The second-order valence-electron chi connectivity index (χ2n) is 8.82. The molecular formula is C28H27N3O3. The van der Waals surface area contributed by atoms with Crippen LogP contribution in [0.3, 0.4) is 0 Å². The Morgan fingerprint density at radius 1 is 0.882 bits per heavy atom. The van der Waals surface area contributed by atoms with Crippen LogP contribution in [0.4, 0.5) is 11.4 Å². The van der Waals surface area contributed by atoms with Crippen LogP contribution < -0.4 is 15.1 Å². The summed E-state index contributed by atoms with van der Waals surface area (Å²) in [7, 11) is 0. The van der Waals surface area contributed by atoms with Gasteiger partial charge in [0.2, 0.25) is 11.8 Å². The first-order valence-electron chi connectivity index (χ1n) is 11.7. The van der Waals surface area contributed by atoms with Gasteiger partial charge in [-0.1, -0.05) is 66.7 Å². The van der Waals surface area contributed by atoms with Gasteiger partial charge in [0.25, 0.3) is 5.91 Å². The molecule has 1 fully saturated rings. The van der Waals surface area contributed by atoms with Crippen molar-refractivity contribution in [3.8, 4) is 0 Å². The highest BCUT2D eigenvalue weighted by Gasteiger charge is 2.38. The van der Waals surface area contributed by atoms with Crippen LogP contribution in [0.2, 0.25) is 0 Å². The predicted octanol–water partition coefficient (Wildman–Crippen LogP) is 3.88. The Morgan fingerprint density at radius 2 is 1.56 bits per heavy atom. The van der Waals surface area contributed by atoms with Crippen LogP contribution in [-0.2, 0) is 20.8 Å². The van der Waals surface area contributed by atoms with Crippen LogP contribution in [0.25, 0.3) is 0 Å². The van der Waals surface area contributed by atoms with Crippen LogP contribution in [0.15, 0.2) is 84.9 Å². The summed E-state index contributed by atoms with van der Waals surface area (Å²) in [5.41, 5.74) is 3.55. The number of carbonyl (C=O) groups excluding carboxylic acids is 3. The molecule has 1 saturated heterocycles. The zero-order chi connectivity index (χ0) is 23.5. The Balaban J connectivity index is 1.38.